The summed E-state index contributed by atoms with van der Waals surface area (Å²) in [5, 5.41) is 0. The minimum Gasteiger partial charge on any atom is -0.347 e. The number of hydrogen-bond donors (Lipinski definition) is 0. The van der Waals surface area contributed by atoms with Gasteiger partial charge in [0.15, 0.2) is 5.79 Å². The molecule has 2 rings (SSSR count). The van der Waals surface area contributed by atoms with Gasteiger partial charge < -0.3 is 9.47 Å². The van der Waals surface area contributed by atoms with Crippen molar-refractivity contribution in [1.82, 2.24) is 0 Å². The summed E-state index contributed by atoms with van der Waals surface area (Å²) < 4.78 is 12.1. The fourth-order valence-corrected chi connectivity index (χ4v) is 3.16. The molecule has 1 heterocycles. The molecule has 0 bridgehead atoms. The Bertz CT molecular complexity index is 311. The average Bonchev–Trinajstić information content (AvgIpc) is 2.72. The molecular weight excluding hydrogens is 238 g/mol. The van der Waals surface area contributed by atoms with Crippen molar-refractivity contribution in [2.45, 2.75) is 71.7 Å². The SMILES string of the molecule is CCCN=CC1COC2(CCC(C(C)(C)C)CC2)O1. The van der Waals surface area contributed by atoms with E-state index in [0.29, 0.717) is 12.0 Å². The van der Waals surface area contributed by atoms with Gasteiger partial charge in [-0.05, 0) is 30.6 Å². The van der Waals surface area contributed by atoms with Gasteiger partial charge in [-0.25, -0.2) is 0 Å². The lowest BCUT2D eigenvalue weighted by atomic mass is 9.71. The third-order valence-electron chi connectivity index (χ3n) is 4.47. The maximum Gasteiger partial charge on any atom is 0.169 e. The summed E-state index contributed by atoms with van der Waals surface area (Å²) in [5.41, 5.74) is 0.405. The standard InChI is InChI=1S/C16H29NO2/c1-5-10-17-11-14-12-18-16(19-14)8-6-13(7-9-16)15(2,3)4/h11,13-14H,5-10,12H2,1-4H3. The average molecular weight is 267 g/mol. The van der Waals surface area contributed by atoms with E-state index in [1.54, 1.807) is 0 Å². The van der Waals surface area contributed by atoms with E-state index in [1.807, 2.05) is 6.21 Å². The van der Waals surface area contributed by atoms with Crippen molar-refractivity contribution in [3.05, 3.63) is 0 Å². The molecule has 2 aliphatic rings. The van der Waals surface area contributed by atoms with Crippen LogP contribution in [-0.2, 0) is 9.47 Å². The fourth-order valence-electron chi connectivity index (χ4n) is 3.16. The molecule has 0 radical (unpaired) electrons. The minimum atomic E-state index is -0.301. The fraction of sp³-hybridized carbons (Fsp3) is 0.938. The smallest absolute Gasteiger partial charge is 0.169 e. The highest BCUT2D eigenvalue weighted by Gasteiger charge is 2.45. The highest BCUT2D eigenvalue weighted by Crippen LogP contribution is 2.45. The van der Waals surface area contributed by atoms with E-state index in [1.165, 1.54) is 12.8 Å². The maximum atomic E-state index is 6.13. The first-order valence-corrected chi connectivity index (χ1v) is 7.77. The maximum absolute atomic E-state index is 6.13. The summed E-state index contributed by atoms with van der Waals surface area (Å²) in [4.78, 5) is 4.37. The molecule has 1 saturated carbocycles. The molecule has 0 aromatic rings. The molecular formula is C16H29NO2. The first-order valence-electron chi connectivity index (χ1n) is 7.77. The van der Waals surface area contributed by atoms with Gasteiger partial charge in [0.2, 0.25) is 0 Å². The second kappa shape index (κ2) is 5.92. The Morgan fingerprint density at radius 2 is 1.95 bits per heavy atom. The summed E-state index contributed by atoms with van der Waals surface area (Å²) in [6, 6.07) is 0. The molecule has 1 unspecified atom stereocenters. The van der Waals surface area contributed by atoms with Crippen LogP contribution >= 0.6 is 0 Å². The lowest BCUT2D eigenvalue weighted by molar-refractivity contribution is -0.191. The van der Waals surface area contributed by atoms with Crippen LogP contribution in [0.2, 0.25) is 0 Å². The minimum absolute atomic E-state index is 0.0673. The van der Waals surface area contributed by atoms with Crippen LogP contribution < -0.4 is 0 Å². The van der Waals surface area contributed by atoms with Gasteiger partial charge in [0.1, 0.15) is 6.10 Å². The highest BCUT2D eigenvalue weighted by molar-refractivity contribution is 5.63. The molecule has 1 spiro atoms. The van der Waals surface area contributed by atoms with Crippen molar-refractivity contribution in [1.29, 1.82) is 0 Å². The third-order valence-corrected chi connectivity index (χ3v) is 4.47. The van der Waals surface area contributed by atoms with Crippen LogP contribution in [0.25, 0.3) is 0 Å². The molecule has 1 aliphatic heterocycles. The Morgan fingerprint density at radius 3 is 2.53 bits per heavy atom. The van der Waals surface area contributed by atoms with Gasteiger partial charge in [-0.3, -0.25) is 4.99 Å². The number of ether oxygens (including phenoxy) is 2. The van der Waals surface area contributed by atoms with Gasteiger partial charge >= 0.3 is 0 Å². The zero-order chi connectivity index (χ0) is 13.9. The van der Waals surface area contributed by atoms with Crippen LogP contribution in [0.1, 0.15) is 59.8 Å². The first-order chi connectivity index (χ1) is 8.95. The Morgan fingerprint density at radius 1 is 1.26 bits per heavy atom. The van der Waals surface area contributed by atoms with E-state index < -0.39 is 0 Å². The second-order valence-electron chi connectivity index (χ2n) is 7.07. The zero-order valence-corrected chi connectivity index (χ0v) is 12.9. The van der Waals surface area contributed by atoms with E-state index >= 15 is 0 Å². The van der Waals surface area contributed by atoms with Crippen LogP contribution in [0.5, 0.6) is 0 Å². The quantitative estimate of drug-likeness (QED) is 0.728. The van der Waals surface area contributed by atoms with E-state index in [0.717, 1.165) is 31.7 Å². The summed E-state index contributed by atoms with van der Waals surface area (Å²) >= 11 is 0. The Balaban J connectivity index is 1.84. The number of rotatable bonds is 3. The Kier molecular flexibility index (Phi) is 4.67. The first kappa shape index (κ1) is 15.0. The molecule has 3 heteroatoms. The largest absolute Gasteiger partial charge is 0.347 e. The summed E-state index contributed by atoms with van der Waals surface area (Å²) in [6.07, 6.45) is 7.58. The van der Waals surface area contributed by atoms with Gasteiger partial charge in [0.05, 0.1) is 6.61 Å². The van der Waals surface area contributed by atoms with Crippen LogP contribution in [-0.4, -0.2) is 31.3 Å². The molecule has 1 atom stereocenters. The van der Waals surface area contributed by atoms with Crippen molar-refractivity contribution in [2.24, 2.45) is 16.3 Å². The monoisotopic (exact) mass is 267 g/mol. The highest BCUT2D eigenvalue weighted by atomic mass is 16.7. The summed E-state index contributed by atoms with van der Waals surface area (Å²) in [5.74, 6) is 0.489. The van der Waals surface area contributed by atoms with Crippen LogP contribution in [0.3, 0.4) is 0 Å². The van der Waals surface area contributed by atoms with Gasteiger partial charge in [-0.2, -0.15) is 0 Å². The predicted molar refractivity (Wildman–Crippen MR) is 78.6 cm³/mol. The predicted octanol–water partition coefficient (Wildman–Crippen LogP) is 3.82. The van der Waals surface area contributed by atoms with Gasteiger partial charge in [0, 0.05) is 25.6 Å². The van der Waals surface area contributed by atoms with E-state index in [4.69, 9.17) is 9.47 Å². The van der Waals surface area contributed by atoms with Gasteiger partial charge in [-0.15, -0.1) is 0 Å². The topological polar surface area (TPSA) is 30.8 Å². The van der Waals surface area contributed by atoms with Gasteiger partial charge in [0.25, 0.3) is 0 Å². The molecule has 0 amide bonds. The molecule has 1 saturated heterocycles. The molecule has 1 aliphatic carbocycles. The van der Waals surface area contributed by atoms with E-state index in [9.17, 15) is 0 Å². The van der Waals surface area contributed by atoms with Crippen molar-refractivity contribution in [3.8, 4) is 0 Å². The molecule has 0 aromatic carbocycles. The summed E-state index contributed by atoms with van der Waals surface area (Å²) in [7, 11) is 0. The van der Waals surface area contributed by atoms with Crippen LogP contribution in [0, 0.1) is 11.3 Å². The van der Waals surface area contributed by atoms with Crippen molar-refractivity contribution >= 4 is 6.21 Å². The van der Waals surface area contributed by atoms with E-state index in [-0.39, 0.29) is 11.9 Å². The number of nitrogens with zero attached hydrogens (tertiary/aromatic N) is 1. The lowest BCUT2D eigenvalue weighted by Crippen LogP contribution is -2.38. The zero-order valence-electron chi connectivity index (χ0n) is 12.9. The second-order valence-corrected chi connectivity index (χ2v) is 7.07. The molecule has 0 aromatic heterocycles. The van der Waals surface area contributed by atoms with Crippen LogP contribution in [0.4, 0.5) is 0 Å². The number of aliphatic imine (C=N–C) groups is 1. The van der Waals surface area contributed by atoms with Crippen molar-refractivity contribution in [3.63, 3.8) is 0 Å². The van der Waals surface area contributed by atoms with E-state index in [2.05, 4.69) is 32.7 Å². The molecule has 0 N–H and O–H groups in total. The van der Waals surface area contributed by atoms with Crippen molar-refractivity contribution < 1.29 is 9.47 Å². The van der Waals surface area contributed by atoms with Crippen molar-refractivity contribution in [2.75, 3.05) is 13.2 Å². The van der Waals surface area contributed by atoms with Crippen LogP contribution in [0.15, 0.2) is 4.99 Å². The lowest BCUT2D eigenvalue weighted by Gasteiger charge is -2.40. The molecule has 110 valence electrons. The van der Waals surface area contributed by atoms with Gasteiger partial charge in [-0.1, -0.05) is 27.7 Å². The Hall–Kier alpha value is -0.410. The Labute approximate surface area is 117 Å². The molecule has 3 nitrogen and oxygen atoms in total. The normalized spacial score (nSPS) is 36.4. The summed E-state index contributed by atoms with van der Waals surface area (Å²) in [6.45, 7) is 10.7. The third kappa shape index (κ3) is 3.79. The number of hydrogen-bond acceptors (Lipinski definition) is 3. The molecule has 2 fully saturated rings. The molecule has 19 heavy (non-hydrogen) atoms.